The largest absolute Gasteiger partial charge is 0.365 e. The summed E-state index contributed by atoms with van der Waals surface area (Å²) in [5.41, 5.74) is 7.47. The summed E-state index contributed by atoms with van der Waals surface area (Å²) in [6.45, 7) is 4.03. The van der Waals surface area contributed by atoms with Crippen molar-refractivity contribution in [3.8, 4) is 0 Å². The van der Waals surface area contributed by atoms with Crippen LogP contribution in [0.4, 0.5) is 5.69 Å². The first-order valence-electron chi connectivity index (χ1n) is 8.88. The van der Waals surface area contributed by atoms with Gasteiger partial charge in [-0.15, -0.1) is 5.73 Å². The third-order valence-electron chi connectivity index (χ3n) is 5.30. The van der Waals surface area contributed by atoms with E-state index in [0.29, 0.717) is 18.5 Å². The molecular formula is C20H22N4O2. The molecule has 0 aromatic heterocycles. The van der Waals surface area contributed by atoms with E-state index in [1.165, 1.54) is 23.5 Å². The lowest BCUT2D eigenvalue weighted by atomic mass is 10.2. The van der Waals surface area contributed by atoms with Crippen LogP contribution in [0.5, 0.6) is 0 Å². The Balaban J connectivity index is 1.50. The molecule has 0 spiro atoms. The lowest BCUT2D eigenvalue weighted by molar-refractivity contribution is -0.124. The predicted molar refractivity (Wildman–Crippen MR) is 100 cm³/mol. The average Bonchev–Trinajstić information content (AvgIpc) is 3.22. The number of hydroxylamine groups is 1. The fourth-order valence-electron chi connectivity index (χ4n) is 3.95. The number of anilines is 1. The van der Waals surface area contributed by atoms with Gasteiger partial charge in [0.05, 0.1) is 5.57 Å². The minimum absolute atomic E-state index is 0.284. The van der Waals surface area contributed by atoms with Gasteiger partial charge in [-0.1, -0.05) is 17.7 Å². The summed E-state index contributed by atoms with van der Waals surface area (Å²) in [7, 11) is 0. The molecule has 6 nitrogen and oxygen atoms in total. The Hall–Kier alpha value is -2.82. The zero-order chi connectivity index (χ0) is 18.1. The smallest absolute Gasteiger partial charge is 0.276 e. The summed E-state index contributed by atoms with van der Waals surface area (Å²) in [5, 5.41) is 8.80. The van der Waals surface area contributed by atoms with Crippen LogP contribution in [-0.4, -0.2) is 47.0 Å². The predicted octanol–water partition coefficient (Wildman–Crippen LogP) is 2.16. The number of hydrogen-bond donors (Lipinski definition) is 2. The molecule has 0 aliphatic carbocycles. The van der Waals surface area contributed by atoms with Gasteiger partial charge >= 0.3 is 0 Å². The molecule has 2 N–H and O–H groups in total. The van der Waals surface area contributed by atoms with Crippen molar-refractivity contribution in [1.29, 1.82) is 0 Å². The standard InChI is InChI=1S/C20H22N4O2/c1-14-6-8-16(9-7-14)23-12-18-10-17(23)13-24(18)19-5-3-2-4-15(11-21-19)20(25)22-26/h3-4,6-9,11,17-18,26H,5,10,12-13H2,1H3,(H,22,25)/b15-11+,21-19+/t2?,17-,18-/m1/s1. The van der Waals surface area contributed by atoms with Gasteiger partial charge in [-0.2, -0.15) is 0 Å². The normalized spacial score (nSPS) is 28.2. The fourth-order valence-corrected chi connectivity index (χ4v) is 3.95. The summed E-state index contributed by atoms with van der Waals surface area (Å²) in [5.74, 6) is 0.370. The van der Waals surface area contributed by atoms with Gasteiger partial charge in [-0.25, -0.2) is 10.5 Å². The van der Waals surface area contributed by atoms with Crippen LogP contribution in [-0.2, 0) is 4.79 Å². The summed E-state index contributed by atoms with van der Waals surface area (Å²) in [6.07, 6.45) is 6.72. The third kappa shape index (κ3) is 3.05. The number of nitrogens with zero attached hydrogens (tertiary/aromatic N) is 3. The number of fused-ring (bicyclic) bond motifs is 2. The summed E-state index contributed by atoms with van der Waals surface area (Å²) >= 11 is 0. The van der Waals surface area contributed by atoms with E-state index >= 15 is 0 Å². The summed E-state index contributed by atoms with van der Waals surface area (Å²) in [4.78, 5) is 21.0. The molecule has 1 aromatic rings. The lowest BCUT2D eigenvalue weighted by Crippen LogP contribution is -2.48. The molecular weight excluding hydrogens is 328 g/mol. The van der Waals surface area contributed by atoms with E-state index in [9.17, 15) is 4.79 Å². The molecule has 3 aliphatic rings. The third-order valence-corrected chi connectivity index (χ3v) is 5.30. The molecule has 0 radical (unpaired) electrons. The van der Waals surface area contributed by atoms with Gasteiger partial charge < -0.3 is 9.80 Å². The van der Waals surface area contributed by atoms with Crippen molar-refractivity contribution >= 4 is 17.4 Å². The highest BCUT2D eigenvalue weighted by Crippen LogP contribution is 2.35. The van der Waals surface area contributed by atoms with Crippen LogP contribution >= 0.6 is 0 Å². The molecule has 1 aromatic carbocycles. The first-order chi connectivity index (χ1) is 12.7. The Kier molecular flexibility index (Phi) is 4.37. The maximum absolute atomic E-state index is 11.6. The van der Waals surface area contributed by atoms with Crippen LogP contribution in [0.15, 0.2) is 58.9 Å². The van der Waals surface area contributed by atoms with E-state index in [1.54, 1.807) is 5.48 Å². The van der Waals surface area contributed by atoms with E-state index < -0.39 is 5.91 Å². The van der Waals surface area contributed by atoms with Gasteiger partial charge in [0.1, 0.15) is 5.84 Å². The second kappa shape index (κ2) is 6.83. The molecule has 4 rings (SSSR count). The number of carbonyl (C=O) groups excluding carboxylic acids is 1. The van der Waals surface area contributed by atoms with Crippen LogP contribution in [0, 0.1) is 6.92 Å². The SMILES string of the molecule is Cc1ccc(N2C[C@H]3C[C@@H]2CN3/C2=N/C=C(/C(=O)NO)C=C=CC2)cc1. The number of likely N-dealkylation sites (tertiary alicyclic amines) is 1. The van der Waals surface area contributed by atoms with Crippen molar-refractivity contribution in [2.45, 2.75) is 31.8 Å². The van der Waals surface area contributed by atoms with Crippen molar-refractivity contribution in [3.63, 3.8) is 0 Å². The van der Waals surface area contributed by atoms with E-state index in [1.807, 2.05) is 6.08 Å². The van der Waals surface area contributed by atoms with Crippen molar-refractivity contribution in [1.82, 2.24) is 10.4 Å². The molecule has 3 heterocycles. The Labute approximate surface area is 152 Å². The van der Waals surface area contributed by atoms with E-state index in [2.05, 4.69) is 51.7 Å². The highest BCUT2D eigenvalue weighted by Gasteiger charge is 2.44. The molecule has 6 heteroatoms. The molecule has 3 aliphatic heterocycles. The second-order valence-electron chi connectivity index (χ2n) is 6.97. The Morgan fingerprint density at radius 3 is 2.65 bits per heavy atom. The fraction of sp³-hybridized carbons (Fsp3) is 0.350. The van der Waals surface area contributed by atoms with Crippen LogP contribution in [0.2, 0.25) is 0 Å². The lowest BCUT2D eigenvalue weighted by Gasteiger charge is -2.37. The zero-order valence-electron chi connectivity index (χ0n) is 14.7. The summed E-state index contributed by atoms with van der Waals surface area (Å²) < 4.78 is 0. The molecule has 26 heavy (non-hydrogen) atoms. The first kappa shape index (κ1) is 16.6. The molecule has 0 saturated carbocycles. The van der Waals surface area contributed by atoms with E-state index in [-0.39, 0.29) is 5.57 Å². The average molecular weight is 350 g/mol. The first-order valence-corrected chi connectivity index (χ1v) is 8.88. The number of aryl methyl sites for hydroxylation is 1. The highest BCUT2D eigenvalue weighted by molar-refractivity contribution is 5.96. The van der Waals surface area contributed by atoms with Crippen molar-refractivity contribution < 1.29 is 10.0 Å². The Morgan fingerprint density at radius 1 is 1.23 bits per heavy atom. The minimum Gasteiger partial charge on any atom is -0.365 e. The van der Waals surface area contributed by atoms with Gasteiger partial charge in [0, 0.05) is 43.5 Å². The molecule has 2 atom stereocenters. The van der Waals surface area contributed by atoms with Crippen molar-refractivity contribution in [2.24, 2.45) is 4.99 Å². The number of amidine groups is 1. The molecule has 134 valence electrons. The molecule has 2 fully saturated rings. The zero-order valence-corrected chi connectivity index (χ0v) is 14.7. The Morgan fingerprint density at radius 2 is 1.96 bits per heavy atom. The van der Waals surface area contributed by atoms with E-state index in [0.717, 1.165) is 25.3 Å². The molecule has 2 saturated heterocycles. The number of nitrogens with one attached hydrogen (secondary N) is 1. The maximum Gasteiger partial charge on any atom is 0.276 e. The number of piperazine rings is 1. The number of rotatable bonds is 2. The van der Waals surface area contributed by atoms with Crippen LogP contribution in [0.1, 0.15) is 18.4 Å². The maximum atomic E-state index is 11.6. The van der Waals surface area contributed by atoms with Crippen LogP contribution in [0.3, 0.4) is 0 Å². The second-order valence-corrected chi connectivity index (χ2v) is 6.97. The molecule has 1 amide bonds. The van der Waals surface area contributed by atoms with Gasteiger partial charge in [0.2, 0.25) is 0 Å². The molecule has 0 unspecified atom stereocenters. The highest BCUT2D eigenvalue weighted by atomic mass is 16.5. The Bertz CT molecular complexity index is 830. The van der Waals surface area contributed by atoms with Crippen LogP contribution < -0.4 is 10.4 Å². The number of aliphatic imine (C=N–C) groups is 1. The number of carbonyl (C=O) groups is 1. The van der Waals surface area contributed by atoms with Gasteiger partial charge in [-0.05, 0) is 37.6 Å². The topological polar surface area (TPSA) is 68.2 Å². The number of hydrogen-bond acceptors (Lipinski definition) is 5. The summed E-state index contributed by atoms with van der Waals surface area (Å²) in [6, 6.07) is 9.63. The quantitative estimate of drug-likeness (QED) is 0.487. The van der Waals surface area contributed by atoms with Crippen LogP contribution in [0.25, 0.3) is 0 Å². The number of benzene rings is 1. The minimum atomic E-state index is -0.579. The van der Waals surface area contributed by atoms with Gasteiger partial charge in [0.15, 0.2) is 0 Å². The molecule has 2 bridgehead atoms. The van der Waals surface area contributed by atoms with Crippen molar-refractivity contribution in [2.75, 3.05) is 18.0 Å². The monoisotopic (exact) mass is 350 g/mol. The number of amides is 1. The van der Waals surface area contributed by atoms with Crippen molar-refractivity contribution in [3.05, 3.63) is 59.5 Å². The van der Waals surface area contributed by atoms with E-state index in [4.69, 9.17) is 5.21 Å². The van der Waals surface area contributed by atoms with Gasteiger partial charge in [0.25, 0.3) is 5.91 Å². The van der Waals surface area contributed by atoms with Gasteiger partial charge in [-0.3, -0.25) is 10.0 Å².